The van der Waals surface area contributed by atoms with E-state index in [1.807, 2.05) is 47.5 Å². The first kappa shape index (κ1) is 17.1. The highest BCUT2D eigenvalue weighted by Crippen LogP contribution is 2.27. The van der Waals surface area contributed by atoms with E-state index < -0.39 is 0 Å². The molecule has 4 nitrogen and oxygen atoms in total. The minimum atomic E-state index is -0.0767. The highest BCUT2D eigenvalue weighted by molar-refractivity contribution is 7.13. The lowest BCUT2D eigenvalue weighted by Gasteiger charge is -2.39. The molecule has 0 bridgehead atoms. The normalized spacial score (nSPS) is 17.0. The van der Waals surface area contributed by atoms with Crippen molar-refractivity contribution in [1.82, 2.24) is 9.88 Å². The van der Waals surface area contributed by atoms with Gasteiger partial charge in [0.05, 0.1) is 17.7 Å². The minimum Gasteiger partial charge on any atom is -0.375 e. The first-order valence-corrected chi connectivity index (χ1v) is 9.39. The Morgan fingerprint density at radius 2 is 2.00 bits per heavy atom. The Morgan fingerprint density at radius 3 is 2.67 bits per heavy atom. The van der Waals surface area contributed by atoms with Crippen LogP contribution in [0.4, 0.5) is 0 Å². The lowest BCUT2D eigenvalue weighted by atomic mass is 9.93. The molecular weight excluding hydrogens is 320 g/mol. The molecule has 1 aliphatic heterocycles. The van der Waals surface area contributed by atoms with Crippen LogP contribution in [0.2, 0.25) is 0 Å². The number of piperidine rings is 1. The summed E-state index contributed by atoms with van der Waals surface area (Å²) in [6.07, 6.45) is 2.19. The van der Waals surface area contributed by atoms with Gasteiger partial charge in [-0.1, -0.05) is 30.3 Å². The first-order chi connectivity index (χ1) is 11.6. The van der Waals surface area contributed by atoms with Gasteiger partial charge in [-0.25, -0.2) is 4.98 Å². The molecule has 0 aliphatic carbocycles. The van der Waals surface area contributed by atoms with Gasteiger partial charge in [0.15, 0.2) is 0 Å². The Morgan fingerprint density at radius 1 is 1.29 bits per heavy atom. The van der Waals surface area contributed by atoms with Gasteiger partial charge in [0.2, 0.25) is 5.91 Å². The SMILES string of the molecule is CCOC1(C)CCN(C(=O)Cc2csc(-c3ccccc3)n2)CC1. The number of rotatable bonds is 5. The highest BCUT2D eigenvalue weighted by Gasteiger charge is 2.32. The zero-order valence-corrected chi connectivity index (χ0v) is 15.1. The quantitative estimate of drug-likeness (QED) is 0.829. The summed E-state index contributed by atoms with van der Waals surface area (Å²) < 4.78 is 5.82. The Balaban J connectivity index is 1.57. The number of nitrogens with zero attached hydrogens (tertiary/aromatic N) is 2. The minimum absolute atomic E-state index is 0.0767. The van der Waals surface area contributed by atoms with Crippen LogP contribution in [0.25, 0.3) is 10.6 Å². The molecule has 3 rings (SSSR count). The van der Waals surface area contributed by atoms with Crippen molar-refractivity contribution >= 4 is 17.2 Å². The zero-order valence-electron chi connectivity index (χ0n) is 14.3. The van der Waals surface area contributed by atoms with Gasteiger partial charge >= 0.3 is 0 Å². The van der Waals surface area contributed by atoms with Gasteiger partial charge in [-0.05, 0) is 26.7 Å². The van der Waals surface area contributed by atoms with Crippen molar-refractivity contribution in [2.75, 3.05) is 19.7 Å². The molecule has 2 heterocycles. The number of ether oxygens (including phenoxy) is 1. The Labute approximate surface area is 147 Å². The molecular formula is C19H24N2O2S. The maximum atomic E-state index is 12.5. The summed E-state index contributed by atoms with van der Waals surface area (Å²) in [4.78, 5) is 19.1. The average molecular weight is 344 g/mol. The molecule has 0 atom stereocenters. The summed E-state index contributed by atoms with van der Waals surface area (Å²) >= 11 is 1.60. The van der Waals surface area contributed by atoms with Gasteiger partial charge in [-0.2, -0.15) is 0 Å². The molecule has 24 heavy (non-hydrogen) atoms. The van der Waals surface area contributed by atoms with E-state index in [0.29, 0.717) is 6.42 Å². The third-order valence-corrected chi connectivity index (χ3v) is 5.51. The van der Waals surface area contributed by atoms with E-state index in [0.717, 1.165) is 48.8 Å². The molecule has 0 radical (unpaired) electrons. The molecule has 0 saturated carbocycles. The average Bonchev–Trinajstić information content (AvgIpc) is 3.05. The molecule has 1 aromatic carbocycles. The largest absolute Gasteiger partial charge is 0.375 e. The second-order valence-corrected chi connectivity index (χ2v) is 7.31. The fraction of sp³-hybridized carbons (Fsp3) is 0.474. The van der Waals surface area contributed by atoms with Crippen molar-refractivity contribution < 1.29 is 9.53 Å². The molecule has 1 fully saturated rings. The molecule has 2 aromatic rings. The van der Waals surface area contributed by atoms with Gasteiger partial charge in [0.25, 0.3) is 0 Å². The summed E-state index contributed by atoms with van der Waals surface area (Å²) in [5.74, 6) is 0.165. The third kappa shape index (κ3) is 4.02. The Bertz CT molecular complexity index is 676. The van der Waals surface area contributed by atoms with Gasteiger partial charge in [0.1, 0.15) is 5.01 Å². The fourth-order valence-electron chi connectivity index (χ4n) is 3.09. The first-order valence-electron chi connectivity index (χ1n) is 8.51. The summed E-state index contributed by atoms with van der Waals surface area (Å²) in [7, 11) is 0. The highest BCUT2D eigenvalue weighted by atomic mass is 32.1. The predicted octanol–water partition coefficient (Wildman–Crippen LogP) is 3.77. The summed E-state index contributed by atoms with van der Waals surface area (Å²) in [5.41, 5.74) is 1.89. The van der Waals surface area contributed by atoms with Crippen molar-refractivity contribution in [2.45, 2.75) is 38.7 Å². The molecule has 0 N–H and O–H groups in total. The molecule has 1 saturated heterocycles. The number of likely N-dealkylation sites (tertiary alicyclic amines) is 1. The maximum Gasteiger partial charge on any atom is 0.228 e. The number of carbonyl (C=O) groups excluding carboxylic acids is 1. The predicted molar refractivity (Wildman–Crippen MR) is 97.1 cm³/mol. The van der Waals surface area contributed by atoms with Crippen LogP contribution < -0.4 is 0 Å². The van der Waals surface area contributed by atoms with Crippen molar-refractivity contribution in [1.29, 1.82) is 0 Å². The van der Waals surface area contributed by atoms with Gasteiger partial charge in [-0.3, -0.25) is 4.79 Å². The van der Waals surface area contributed by atoms with E-state index in [4.69, 9.17) is 4.74 Å². The summed E-state index contributed by atoms with van der Waals surface area (Å²) in [6.45, 7) is 6.43. The number of hydrogen-bond donors (Lipinski definition) is 0. The van der Waals surface area contributed by atoms with E-state index >= 15 is 0 Å². The third-order valence-electron chi connectivity index (χ3n) is 4.57. The van der Waals surface area contributed by atoms with E-state index in [2.05, 4.69) is 11.9 Å². The second kappa shape index (κ2) is 7.45. The monoisotopic (exact) mass is 344 g/mol. The van der Waals surface area contributed by atoms with Crippen LogP contribution in [0.15, 0.2) is 35.7 Å². The van der Waals surface area contributed by atoms with Gasteiger partial charge < -0.3 is 9.64 Å². The van der Waals surface area contributed by atoms with Crippen LogP contribution in [0.1, 0.15) is 32.4 Å². The van der Waals surface area contributed by atoms with Gasteiger partial charge in [-0.15, -0.1) is 11.3 Å². The van der Waals surface area contributed by atoms with Crippen LogP contribution in [-0.4, -0.2) is 41.1 Å². The van der Waals surface area contributed by atoms with Crippen LogP contribution in [0.3, 0.4) is 0 Å². The van der Waals surface area contributed by atoms with Crippen LogP contribution >= 0.6 is 11.3 Å². The van der Waals surface area contributed by atoms with Crippen LogP contribution in [0, 0.1) is 0 Å². The molecule has 1 aromatic heterocycles. The van der Waals surface area contributed by atoms with Crippen molar-refractivity contribution in [3.63, 3.8) is 0 Å². The molecule has 1 amide bonds. The van der Waals surface area contributed by atoms with Crippen molar-refractivity contribution in [3.8, 4) is 10.6 Å². The van der Waals surface area contributed by atoms with Crippen molar-refractivity contribution in [3.05, 3.63) is 41.4 Å². The molecule has 128 valence electrons. The standard InChI is InChI=1S/C19H24N2O2S/c1-3-23-19(2)9-11-21(12-10-19)17(22)13-16-14-24-18(20-16)15-7-5-4-6-8-15/h4-8,14H,3,9-13H2,1-2H3. The lowest BCUT2D eigenvalue weighted by Crippen LogP contribution is -2.47. The Hall–Kier alpha value is -1.72. The molecule has 1 aliphatic rings. The summed E-state index contributed by atoms with van der Waals surface area (Å²) in [5, 5.41) is 2.97. The maximum absolute atomic E-state index is 12.5. The number of benzene rings is 1. The van der Waals surface area contributed by atoms with E-state index in [-0.39, 0.29) is 11.5 Å². The van der Waals surface area contributed by atoms with Crippen LogP contribution in [-0.2, 0) is 16.0 Å². The smallest absolute Gasteiger partial charge is 0.228 e. The van der Waals surface area contributed by atoms with Gasteiger partial charge in [0, 0.05) is 30.6 Å². The summed E-state index contributed by atoms with van der Waals surface area (Å²) in [6, 6.07) is 10.1. The zero-order chi connectivity index (χ0) is 17.0. The number of thiazole rings is 1. The molecule has 0 spiro atoms. The van der Waals surface area contributed by atoms with E-state index in [9.17, 15) is 4.79 Å². The number of carbonyl (C=O) groups is 1. The van der Waals surface area contributed by atoms with Crippen LogP contribution in [0.5, 0.6) is 0 Å². The second-order valence-electron chi connectivity index (χ2n) is 6.45. The lowest BCUT2D eigenvalue weighted by molar-refractivity contribution is -0.136. The van der Waals surface area contributed by atoms with E-state index in [1.54, 1.807) is 11.3 Å². The fourth-order valence-corrected chi connectivity index (χ4v) is 3.92. The topological polar surface area (TPSA) is 42.4 Å². The number of amides is 1. The number of hydrogen-bond acceptors (Lipinski definition) is 4. The Kier molecular flexibility index (Phi) is 5.31. The van der Waals surface area contributed by atoms with Crippen molar-refractivity contribution in [2.24, 2.45) is 0 Å². The van der Waals surface area contributed by atoms with E-state index in [1.165, 1.54) is 0 Å². The molecule has 5 heteroatoms. The number of aromatic nitrogens is 1. The molecule has 0 unspecified atom stereocenters.